The Hall–Kier alpha value is -3.29. The van der Waals surface area contributed by atoms with Crippen LogP contribution in [0.5, 0.6) is 11.5 Å². The Morgan fingerprint density at radius 1 is 1.09 bits per heavy atom. The van der Waals surface area contributed by atoms with E-state index in [-0.39, 0.29) is 23.9 Å². The van der Waals surface area contributed by atoms with Crippen LogP contribution in [0, 0.1) is 0 Å². The summed E-state index contributed by atoms with van der Waals surface area (Å²) in [5.41, 5.74) is 4.26. The zero-order valence-corrected chi connectivity index (χ0v) is 20.0. The van der Waals surface area contributed by atoms with Crippen LogP contribution in [0.3, 0.4) is 0 Å². The monoisotopic (exact) mass is 509 g/mol. The third-order valence-electron chi connectivity index (χ3n) is 5.59. The van der Waals surface area contributed by atoms with Crippen molar-refractivity contribution in [1.82, 2.24) is 5.32 Å². The molecular formula is C26H26BrN2O4+. The van der Waals surface area contributed by atoms with E-state index < -0.39 is 0 Å². The third-order valence-corrected chi connectivity index (χ3v) is 6.12. The second-order valence-corrected chi connectivity index (χ2v) is 8.58. The summed E-state index contributed by atoms with van der Waals surface area (Å²) in [4.78, 5) is 11.8. The number of phenolic OH excluding ortho intramolecular Hbond substituents is 1. The Bertz CT molecular complexity index is 1160. The summed E-state index contributed by atoms with van der Waals surface area (Å²) in [6.07, 6.45) is 1.97. The second kappa shape index (κ2) is 10.1. The van der Waals surface area contributed by atoms with E-state index in [1.807, 2.05) is 55.5 Å². The van der Waals surface area contributed by atoms with E-state index in [0.29, 0.717) is 17.9 Å². The van der Waals surface area contributed by atoms with Crippen LogP contribution in [0.1, 0.15) is 46.2 Å². The first-order valence-electron chi connectivity index (χ1n) is 10.7. The molecule has 4 N–H and O–H groups in total. The van der Waals surface area contributed by atoms with Crippen molar-refractivity contribution in [2.24, 2.45) is 0 Å². The first-order valence-corrected chi connectivity index (χ1v) is 11.5. The van der Waals surface area contributed by atoms with Crippen LogP contribution in [-0.2, 0) is 4.74 Å². The highest BCUT2D eigenvalue weighted by Gasteiger charge is 2.30. The average Bonchev–Trinajstić information content (AvgIpc) is 2.85. The number of methoxy groups -OCH3 is 1. The Morgan fingerprint density at radius 3 is 2.48 bits per heavy atom. The van der Waals surface area contributed by atoms with Crippen molar-refractivity contribution in [1.29, 1.82) is 0 Å². The van der Waals surface area contributed by atoms with E-state index in [1.54, 1.807) is 18.2 Å². The van der Waals surface area contributed by atoms with E-state index in [0.717, 1.165) is 26.9 Å². The molecule has 1 aliphatic rings. The Morgan fingerprint density at radius 2 is 1.82 bits per heavy atom. The van der Waals surface area contributed by atoms with Crippen molar-refractivity contribution in [3.63, 3.8) is 0 Å². The van der Waals surface area contributed by atoms with Gasteiger partial charge in [0.25, 0.3) is 0 Å². The van der Waals surface area contributed by atoms with Gasteiger partial charge in [-0.25, -0.2) is 4.79 Å². The molecule has 1 heterocycles. The molecule has 0 radical (unpaired) electrons. The molecule has 33 heavy (non-hydrogen) atoms. The summed E-state index contributed by atoms with van der Waals surface area (Å²) in [6.45, 7) is 2.37. The smallest absolute Gasteiger partial charge is 0.337 e. The molecule has 2 unspecified atom stereocenters. The van der Waals surface area contributed by atoms with E-state index in [4.69, 9.17) is 9.47 Å². The van der Waals surface area contributed by atoms with E-state index in [1.165, 1.54) is 7.11 Å². The van der Waals surface area contributed by atoms with Crippen LogP contribution >= 0.6 is 15.9 Å². The van der Waals surface area contributed by atoms with Crippen LogP contribution in [0.25, 0.3) is 5.70 Å². The summed E-state index contributed by atoms with van der Waals surface area (Å²) < 4.78 is 11.4. The first kappa shape index (κ1) is 22.9. The highest BCUT2D eigenvalue weighted by Crippen LogP contribution is 2.35. The molecule has 3 aromatic rings. The van der Waals surface area contributed by atoms with Gasteiger partial charge in [0.15, 0.2) is 17.7 Å². The van der Waals surface area contributed by atoms with Gasteiger partial charge in [-0.1, -0.05) is 46.3 Å². The Balaban J connectivity index is 1.72. The summed E-state index contributed by atoms with van der Waals surface area (Å²) in [7, 11) is 1.37. The first-order chi connectivity index (χ1) is 16.0. The van der Waals surface area contributed by atoms with Gasteiger partial charge in [-0.15, -0.1) is 0 Å². The van der Waals surface area contributed by atoms with Crippen molar-refractivity contribution >= 4 is 27.6 Å². The molecule has 4 rings (SSSR count). The molecule has 0 fully saturated rings. The lowest BCUT2D eigenvalue weighted by Gasteiger charge is -2.30. The maximum Gasteiger partial charge on any atom is 0.337 e. The number of nitrogens with two attached hydrogens (primary N) is 1. The van der Waals surface area contributed by atoms with Gasteiger partial charge >= 0.3 is 5.97 Å². The van der Waals surface area contributed by atoms with Gasteiger partial charge in [0.05, 0.1) is 24.8 Å². The average molecular weight is 510 g/mol. The molecular weight excluding hydrogens is 484 g/mol. The number of phenols is 1. The van der Waals surface area contributed by atoms with Crippen molar-refractivity contribution in [3.05, 3.63) is 99.5 Å². The van der Waals surface area contributed by atoms with Gasteiger partial charge in [0, 0.05) is 21.8 Å². The van der Waals surface area contributed by atoms with Crippen molar-refractivity contribution in [3.8, 4) is 11.5 Å². The van der Waals surface area contributed by atoms with Crippen LogP contribution < -0.4 is 15.4 Å². The van der Waals surface area contributed by atoms with Gasteiger partial charge in [-0.05, 0) is 48.9 Å². The zero-order valence-electron chi connectivity index (χ0n) is 18.4. The lowest BCUT2D eigenvalue weighted by molar-refractivity contribution is -0.731. The number of carbonyl (C=O) groups is 1. The van der Waals surface area contributed by atoms with Gasteiger partial charge in [-0.2, -0.15) is 0 Å². The van der Waals surface area contributed by atoms with Crippen molar-refractivity contribution in [2.45, 2.75) is 19.1 Å². The highest BCUT2D eigenvalue weighted by atomic mass is 79.9. The highest BCUT2D eigenvalue weighted by molar-refractivity contribution is 9.10. The Labute approximate surface area is 201 Å². The van der Waals surface area contributed by atoms with E-state index >= 15 is 0 Å². The molecule has 0 amide bonds. The maximum atomic E-state index is 11.8. The number of hydrogen-bond donors (Lipinski definition) is 3. The van der Waals surface area contributed by atoms with Crippen molar-refractivity contribution in [2.75, 3.05) is 13.7 Å². The second-order valence-electron chi connectivity index (χ2n) is 7.67. The SMILES string of the molecule is CCOc1cccc(C2C=C(c3ccc(Br)cc3)NC(c3ccc(C(=O)OC)cc3)[NH2+]2)c1O. The van der Waals surface area contributed by atoms with Gasteiger partial charge < -0.3 is 25.2 Å². The van der Waals surface area contributed by atoms with E-state index in [9.17, 15) is 9.90 Å². The molecule has 3 aromatic carbocycles. The summed E-state index contributed by atoms with van der Waals surface area (Å²) in [6, 6.07) is 20.8. The third kappa shape index (κ3) is 5.05. The number of hydrogen-bond acceptors (Lipinski definition) is 5. The molecule has 0 aliphatic carbocycles. The molecule has 0 aromatic heterocycles. The number of benzene rings is 3. The topological polar surface area (TPSA) is 84.4 Å². The largest absolute Gasteiger partial charge is 0.504 e. The number of nitrogens with one attached hydrogen (secondary N) is 1. The molecule has 0 saturated heterocycles. The number of rotatable bonds is 6. The minimum atomic E-state index is -0.367. The molecule has 1 aliphatic heterocycles. The molecule has 170 valence electrons. The fourth-order valence-corrected chi connectivity index (χ4v) is 4.19. The number of ether oxygens (including phenoxy) is 2. The van der Waals surface area contributed by atoms with Crippen LogP contribution in [0.15, 0.2) is 77.3 Å². The number of para-hydroxylation sites is 1. The van der Waals surface area contributed by atoms with Crippen LogP contribution in [0.2, 0.25) is 0 Å². The zero-order chi connectivity index (χ0) is 23.4. The number of esters is 1. The Kier molecular flexibility index (Phi) is 7.01. The number of halogens is 1. The predicted molar refractivity (Wildman–Crippen MR) is 130 cm³/mol. The summed E-state index contributed by atoms with van der Waals surface area (Å²) in [5.74, 6) is 0.251. The lowest BCUT2D eigenvalue weighted by atomic mass is 9.97. The maximum absolute atomic E-state index is 11.8. The molecule has 0 spiro atoms. The van der Waals surface area contributed by atoms with Crippen LogP contribution in [0.4, 0.5) is 0 Å². The summed E-state index contributed by atoms with van der Waals surface area (Å²) >= 11 is 3.49. The van der Waals surface area contributed by atoms with Gasteiger partial charge in [0.1, 0.15) is 6.04 Å². The van der Waals surface area contributed by atoms with E-state index in [2.05, 4.69) is 32.6 Å². The number of quaternary nitrogens is 1. The molecule has 0 bridgehead atoms. The minimum Gasteiger partial charge on any atom is -0.504 e. The molecule has 6 nitrogen and oxygen atoms in total. The number of aromatic hydroxyl groups is 1. The minimum absolute atomic E-state index is 0.138. The summed E-state index contributed by atoms with van der Waals surface area (Å²) in [5, 5.41) is 16.6. The van der Waals surface area contributed by atoms with Crippen molar-refractivity contribution < 1.29 is 24.7 Å². The molecule has 0 saturated carbocycles. The standard InChI is InChI=1S/C26H25BrN2O4/c1-3-33-23-6-4-5-20(24(23)30)22-15-21(16-11-13-19(27)14-12-16)28-25(29-22)17-7-9-18(10-8-17)26(31)32-2/h4-15,22,25,28-30H,3H2,1-2H3/p+1. The molecule has 2 atom stereocenters. The fourth-order valence-electron chi connectivity index (χ4n) is 3.93. The quantitative estimate of drug-likeness (QED) is 0.431. The van der Waals surface area contributed by atoms with Gasteiger partial charge in [-0.3, -0.25) is 0 Å². The fraction of sp³-hybridized carbons (Fsp3) is 0.192. The number of carbonyl (C=O) groups excluding carboxylic acids is 1. The predicted octanol–water partition coefficient (Wildman–Crippen LogP) is 4.29. The lowest BCUT2D eigenvalue weighted by Crippen LogP contribution is -2.89. The van der Waals surface area contributed by atoms with Gasteiger partial charge in [0.2, 0.25) is 0 Å². The normalized spacial score (nSPS) is 17.6. The molecule has 7 heteroatoms. The van der Waals surface area contributed by atoms with Crippen LogP contribution in [-0.4, -0.2) is 24.8 Å².